The summed E-state index contributed by atoms with van der Waals surface area (Å²) < 4.78 is 5.25. The molecule has 1 N–H and O–H groups in total. The van der Waals surface area contributed by atoms with Crippen molar-refractivity contribution in [3.8, 4) is 0 Å². The lowest BCUT2D eigenvalue weighted by Gasteiger charge is -2.26. The summed E-state index contributed by atoms with van der Waals surface area (Å²) >= 11 is 0. The molecule has 27 heavy (non-hydrogen) atoms. The summed E-state index contributed by atoms with van der Waals surface area (Å²) in [6, 6.07) is 10.5. The lowest BCUT2D eigenvalue weighted by Crippen LogP contribution is -2.30. The molecule has 1 aliphatic heterocycles. The molecule has 0 unspecified atom stereocenters. The van der Waals surface area contributed by atoms with Gasteiger partial charge < -0.3 is 15.0 Å². The minimum absolute atomic E-state index is 0.264. The fraction of sp³-hybridized carbons (Fsp3) is 0.696. The molecule has 0 aromatic heterocycles. The van der Waals surface area contributed by atoms with Gasteiger partial charge in [-0.1, -0.05) is 56.0 Å². The van der Waals surface area contributed by atoms with Crippen LogP contribution >= 0.6 is 0 Å². The van der Waals surface area contributed by atoms with Crippen LogP contribution in [0.5, 0.6) is 0 Å². The van der Waals surface area contributed by atoms with E-state index in [4.69, 9.17) is 4.74 Å². The highest BCUT2D eigenvalue weighted by Gasteiger charge is 2.08. The van der Waals surface area contributed by atoms with Gasteiger partial charge in [0.25, 0.3) is 0 Å². The summed E-state index contributed by atoms with van der Waals surface area (Å²) in [5.41, 5.74) is 1.36. The van der Waals surface area contributed by atoms with E-state index in [1.54, 1.807) is 0 Å². The Bertz CT molecular complexity index is 486. The Kier molecular flexibility index (Phi) is 11.7. The van der Waals surface area contributed by atoms with Gasteiger partial charge in [-0.05, 0) is 70.1 Å². The summed E-state index contributed by atoms with van der Waals surface area (Å²) in [5, 5.41) is 2.85. The maximum atomic E-state index is 11.6. The maximum absolute atomic E-state index is 11.6. The molecular formula is C23H38N2O2. The highest BCUT2D eigenvalue weighted by molar-refractivity contribution is 5.66. The highest BCUT2D eigenvalue weighted by atomic mass is 16.5. The Morgan fingerprint density at radius 1 is 0.889 bits per heavy atom. The standard InChI is InChI=1S/C23H38N2O2/c26-23(24-17-9-8-16-22-14-6-4-7-15-22)27-21-13-3-1-2-10-18-25-19-11-5-12-20-25/h4,6-7,14-15H,1-3,5,8-13,16-21H2,(H,24,26). The number of nitrogens with zero attached hydrogens (tertiary/aromatic N) is 1. The van der Waals surface area contributed by atoms with Gasteiger partial charge in [-0.2, -0.15) is 0 Å². The Morgan fingerprint density at radius 3 is 2.44 bits per heavy atom. The first kappa shape index (κ1) is 21.7. The number of ether oxygens (including phenoxy) is 1. The Balaban J connectivity index is 1.32. The van der Waals surface area contributed by atoms with Gasteiger partial charge in [0, 0.05) is 6.54 Å². The zero-order valence-electron chi connectivity index (χ0n) is 17.0. The van der Waals surface area contributed by atoms with E-state index < -0.39 is 0 Å². The topological polar surface area (TPSA) is 41.6 Å². The number of carbonyl (C=O) groups is 1. The van der Waals surface area contributed by atoms with Crippen molar-refractivity contribution >= 4 is 6.09 Å². The molecule has 0 radical (unpaired) electrons. The van der Waals surface area contributed by atoms with Crippen LogP contribution in [-0.2, 0) is 11.2 Å². The van der Waals surface area contributed by atoms with E-state index in [0.29, 0.717) is 13.2 Å². The lowest BCUT2D eigenvalue weighted by atomic mass is 10.1. The number of likely N-dealkylation sites (tertiary alicyclic amines) is 1. The van der Waals surface area contributed by atoms with Crippen molar-refractivity contribution in [2.24, 2.45) is 0 Å². The summed E-state index contributed by atoms with van der Waals surface area (Å²) in [4.78, 5) is 14.3. The van der Waals surface area contributed by atoms with Crippen LogP contribution in [0.15, 0.2) is 30.3 Å². The molecule has 4 heteroatoms. The molecule has 4 nitrogen and oxygen atoms in total. The zero-order valence-corrected chi connectivity index (χ0v) is 17.0. The predicted octanol–water partition coefficient (Wildman–Crippen LogP) is 5.17. The molecule has 1 amide bonds. The highest BCUT2D eigenvalue weighted by Crippen LogP contribution is 2.11. The van der Waals surface area contributed by atoms with Gasteiger partial charge in [0.15, 0.2) is 0 Å². The van der Waals surface area contributed by atoms with Crippen LogP contribution in [0.4, 0.5) is 4.79 Å². The zero-order chi connectivity index (χ0) is 19.0. The van der Waals surface area contributed by atoms with Crippen LogP contribution in [-0.4, -0.2) is 43.8 Å². The fourth-order valence-electron chi connectivity index (χ4n) is 3.66. The molecule has 1 aromatic carbocycles. The van der Waals surface area contributed by atoms with E-state index in [1.165, 1.54) is 63.7 Å². The number of benzene rings is 1. The number of hydrogen-bond donors (Lipinski definition) is 1. The number of nitrogens with one attached hydrogen (secondary N) is 1. The van der Waals surface area contributed by atoms with Crippen molar-refractivity contribution in [1.29, 1.82) is 0 Å². The number of unbranched alkanes of at least 4 members (excludes halogenated alkanes) is 5. The first-order valence-corrected chi connectivity index (χ1v) is 11.0. The molecule has 2 rings (SSSR count). The fourth-order valence-corrected chi connectivity index (χ4v) is 3.66. The number of carbonyl (C=O) groups excluding carboxylic acids is 1. The molecule has 1 aromatic rings. The van der Waals surface area contributed by atoms with Gasteiger partial charge in [-0.25, -0.2) is 4.79 Å². The second-order valence-corrected chi connectivity index (χ2v) is 7.68. The van der Waals surface area contributed by atoms with Gasteiger partial charge in [0.05, 0.1) is 6.61 Å². The number of alkyl carbamates (subject to hydrolysis) is 1. The lowest BCUT2D eigenvalue weighted by molar-refractivity contribution is 0.143. The molecule has 0 saturated carbocycles. The van der Waals surface area contributed by atoms with Crippen LogP contribution in [0.25, 0.3) is 0 Å². The van der Waals surface area contributed by atoms with Crippen molar-refractivity contribution in [3.05, 3.63) is 35.9 Å². The number of aryl methyl sites for hydroxylation is 1. The number of rotatable bonds is 13. The first-order valence-electron chi connectivity index (χ1n) is 11.0. The molecule has 0 atom stereocenters. The van der Waals surface area contributed by atoms with E-state index in [2.05, 4.69) is 34.5 Å². The normalized spacial score (nSPS) is 14.8. The minimum atomic E-state index is -0.264. The number of amides is 1. The molecule has 0 spiro atoms. The van der Waals surface area contributed by atoms with Gasteiger partial charge in [0.2, 0.25) is 0 Å². The van der Waals surface area contributed by atoms with Crippen molar-refractivity contribution in [3.63, 3.8) is 0 Å². The molecule has 1 heterocycles. The summed E-state index contributed by atoms with van der Waals surface area (Å²) in [5.74, 6) is 0. The summed E-state index contributed by atoms with van der Waals surface area (Å²) in [6.07, 6.45) is 13.0. The Labute approximate surface area is 165 Å². The van der Waals surface area contributed by atoms with Crippen molar-refractivity contribution in [2.75, 3.05) is 32.8 Å². The Morgan fingerprint density at radius 2 is 1.63 bits per heavy atom. The van der Waals surface area contributed by atoms with Gasteiger partial charge >= 0.3 is 6.09 Å². The quantitative estimate of drug-likeness (QED) is 0.484. The first-order chi connectivity index (χ1) is 13.3. The van der Waals surface area contributed by atoms with Crippen molar-refractivity contribution < 1.29 is 9.53 Å². The molecule has 0 bridgehead atoms. The Hall–Kier alpha value is -1.55. The van der Waals surface area contributed by atoms with Crippen LogP contribution in [0.1, 0.15) is 69.8 Å². The van der Waals surface area contributed by atoms with Gasteiger partial charge in [-0.15, -0.1) is 0 Å². The van der Waals surface area contributed by atoms with Crippen LogP contribution in [0.2, 0.25) is 0 Å². The summed E-state index contributed by atoms with van der Waals surface area (Å²) in [6.45, 7) is 5.11. The van der Waals surface area contributed by atoms with Gasteiger partial charge in [0.1, 0.15) is 0 Å². The van der Waals surface area contributed by atoms with Crippen LogP contribution < -0.4 is 5.32 Å². The van der Waals surface area contributed by atoms with E-state index in [-0.39, 0.29) is 6.09 Å². The molecular weight excluding hydrogens is 336 g/mol. The second kappa shape index (κ2) is 14.5. The molecule has 1 saturated heterocycles. The minimum Gasteiger partial charge on any atom is -0.450 e. The van der Waals surface area contributed by atoms with E-state index in [0.717, 1.165) is 32.1 Å². The predicted molar refractivity (Wildman–Crippen MR) is 112 cm³/mol. The van der Waals surface area contributed by atoms with Gasteiger partial charge in [-0.3, -0.25) is 0 Å². The maximum Gasteiger partial charge on any atom is 0.407 e. The third-order valence-electron chi connectivity index (χ3n) is 5.30. The monoisotopic (exact) mass is 374 g/mol. The molecule has 1 fully saturated rings. The number of hydrogen-bond acceptors (Lipinski definition) is 3. The van der Waals surface area contributed by atoms with Crippen molar-refractivity contribution in [2.45, 2.75) is 70.6 Å². The third kappa shape index (κ3) is 11.0. The van der Waals surface area contributed by atoms with E-state index in [1.807, 2.05) is 6.07 Å². The van der Waals surface area contributed by atoms with E-state index in [9.17, 15) is 4.79 Å². The largest absolute Gasteiger partial charge is 0.450 e. The smallest absolute Gasteiger partial charge is 0.407 e. The average molecular weight is 375 g/mol. The van der Waals surface area contributed by atoms with Crippen LogP contribution in [0, 0.1) is 0 Å². The second-order valence-electron chi connectivity index (χ2n) is 7.68. The van der Waals surface area contributed by atoms with Crippen molar-refractivity contribution in [1.82, 2.24) is 10.2 Å². The molecule has 152 valence electrons. The average Bonchev–Trinajstić information content (AvgIpc) is 2.71. The SMILES string of the molecule is O=C(NCCCCc1ccccc1)OCCCCCCCN1CCCCC1. The van der Waals surface area contributed by atoms with Crippen LogP contribution in [0.3, 0.4) is 0 Å². The summed E-state index contributed by atoms with van der Waals surface area (Å²) in [7, 11) is 0. The third-order valence-corrected chi connectivity index (χ3v) is 5.30. The molecule has 1 aliphatic rings. The number of piperidine rings is 1. The molecule has 0 aliphatic carbocycles. The van der Waals surface area contributed by atoms with E-state index >= 15 is 0 Å².